The minimum atomic E-state index is -3.20. The molecular formula is C11H13F2N3O2S2. The summed E-state index contributed by atoms with van der Waals surface area (Å²) in [6, 6.07) is 2.06. The third kappa shape index (κ3) is 3.68. The Kier molecular flexibility index (Phi) is 4.61. The fourth-order valence-electron chi connectivity index (χ4n) is 1.50. The number of rotatable bonds is 6. The van der Waals surface area contributed by atoms with Crippen LogP contribution in [0.4, 0.5) is 8.78 Å². The van der Waals surface area contributed by atoms with Crippen molar-refractivity contribution in [1.29, 1.82) is 0 Å². The molecule has 0 aliphatic heterocycles. The van der Waals surface area contributed by atoms with Crippen molar-refractivity contribution in [3.8, 4) is 0 Å². The van der Waals surface area contributed by atoms with E-state index in [4.69, 9.17) is 0 Å². The largest absolute Gasteiger partial charge is 0.333 e. The molecule has 0 bridgehead atoms. The molecule has 20 heavy (non-hydrogen) atoms. The van der Waals surface area contributed by atoms with Crippen molar-refractivity contribution in [2.24, 2.45) is 0 Å². The number of halogens is 2. The molecule has 2 N–H and O–H groups in total. The number of sulfonamides is 1. The summed E-state index contributed by atoms with van der Waals surface area (Å²) in [4.78, 5) is 6.94. The Morgan fingerprint density at radius 1 is 1.35 bits per heavy atom. The minimum Gasteiger partial charge on any atom is -0.333 e. The maximum atomic E-state index is 13.0. The van der Waals surface area contributed by atoms with Gasteiger partial charge in [0.2, 0.25) is 10.0 Å². The number of imidazole rings is 1. The van der Waals surface area contributed by atoms with Crippen LogP contribution in [0.5, 0.6) is 0 Å². The van der Waals surface area contributed by atoms with Crippen LogP contribution in [0.15, 0.2) is 17.3 Å². The number of thioether (sulfide) groups is 1. The molecule has 1 heterocycles. The van der Waals surface area contributed by atoms with Crippen LogP contribution in [0.2, 0.25) is 0 Å². The van der Waals surface area contributed by atoms with Crippen molar-refractivity contribution in [2.45, 2.75) is 12.1 Å². The number of hydrogen-bond acceptors (Lipinski definition) is 4. The van der Waals surface area contributed by atoms with Gasteiger partial charge in [-0.25, -0.2) is 26.9 Å². The molecule has 0 aliphatic carbocycles. The highest BCUT2D eigenvalue weighted by molar-refractivity contribution is 7.99. The van der Waals surface area contributed by atoms with Gasteiger partial charge in [-0.3, -0.25) is 0 Å². The lowest BCUT2D eigenvalue weighted by molar-refractivity contribution is 0.510. The molecular weight excluding hydrogens is 308 g/mol. The Bertz CT molecular complexity index is 677. The van der Waals surface area contributed by atoms with Crippen LogP contribution in [0, 0.1) is 11.6 Å². The van der Waals surface area contributed by atoms with Gasteiger partial charge in [0.05, 0.1) is 16.8 Å². The summed E-state index contributed by atoms with van der Waals surface area (Å²) in [5.74, 6) is -1.39. The van der Waals surface area contributed by atoms with Gasteiger partial charge in [-0.1, -0.05) is 11.8 Å². The maximum absolute atomic E-state index is 13.0. The van der Waals surface area contributed by atoms with E-state index in [0.29, 0.717) is 21.9 Å². The summed E-state index contributed by atoms with van der Waals surface area (Å²) in [6.07, 6.45) is 0. The van der Waals surface area contributed by atoms with Crippen LogP contribution in [0.25, 0.3) is 11.0 Å². The number of fused-ring (bicyclic) bond motifs is 1. The summed E-state index contributed by atoms with van der Waals surface area (Å²) in [5.41, 5.74) is 0.737. The van der Waals surface area contributed by atoms with Gasteiger partial charge < -0.3 is 4.98 Å². The predicted molar refractivity (Wildman–Crippen MR) is 74.2 cm³/mol. The number of nitrogens with one attached hydrogen (secondary N) is 2. The van der Waals surface area contributed by atoms with Gasteiger partial charge >= 0.3 is 0 Å². The third-order valence-electron chi connectivity index (χ3n) is 2.55. The molecule has 1 aromatic heterocycles. The zero-order chi connectivity index (χ0) is 14.8. The van der Waals surface area contributed by atoms with Crippen LogP contribution in [-0.2, 0) is 10.0 Å². The molecule has 0 radical (unpaired) electrons. The fraction of sp³-hybridized carbons (Fsp3) is 0.364. The SMILES string of the molecule is CCS(=O)(=O)NCCSc1nc2cc(F)c(F)cc2[nH]1. The lowest BCUT2D eigenvalue weighted by atomic mass is 10.3. The Morgan fingerprint density at radius 3 is 2.75 bits per heavy atom. The molecule has 0 amide bonds. The number of H-pyrrole nitrogens is 1. The van der Waals surface area contributed by atoms with Gasteiger partial charge in [0.15, 0.2) is 16.8 Å². The average Bonchev–Trinajstić information content (AvgIpc) is 2.77. The average molecular weight is 321 g/mol. The normalized spacial score (nSPS) is 12.2. The summed E-state index contributed by atoms with van der Waals surface area (Å²) < 4.78 is 50.9. The summed E-state index contributed by atoms with van der Waals surface area (Å²) in [6.45, 7) is 1.82. The van der Waals surface area contributed by atoms with Crippen LogP contribution >= 0.6 is 11.8 Å². The molecule has 0 fully saturated rings. The standard InChI is InChI=1S/C11H13F2N3O2S2/c1-2-20(17,18)14-3-4-19-11-15-9-5-7(12)8(13)6-10(9)16-11/h5-6,14H,2-4H2,1H3,(H,15,16). The second kappa shape index (κ2) is 6.06. The van der Waals surface area contributed by atoms with Crippen molar-refractivity contribution in [3.05, 3.63) is 23.8 Å². The number of nitrogens with zero attached hydrogens (tertiary/aromatic N) is 1. The Labute approximate surface area is 119 Å². The molecule has 0 unspecified atom stereocenters. The Morgan fingerprint density at radius 2 is 2.05 bits per heavy atom. The second-order valence-electron chi connectivity index (χ2n) is 3.97. The van der Waals surface area contributed by atoms with Crippen molar-refractivity contribution in [3.63, 3.8) is 0 Å². The zero-order valence-electron chi connectivity index (χ0n) is 10.6. The van der Waals surface area contributed by atoms with Crippen LogP contribution in [0.1, 0.15) is 6.92 Å². The molecule has 5 nitrogen and oxygen atoms in total. The molecule has 0 spiro atoms. The second-order valence-corrected chi connectivity index (χ2v) is 7.15. The first-order valence-electron chi connectivity index (χ1n) is 5.86. The first-order valence-corrected chi connectivity index (χ1v) is 8.50. The Balaban J connectivity index is 1.97. The van der Waals surface area contributed by atoms with E-state index >= 15 is 0 Å². The van der Waals surface area contributed by atoms with E-state index in [-0.39, 0.29) is 12.3 Å². The fourth-order valence-corrected chi connectivity index (χ4v) is 2.99. The van der Waals surface area contributed by atoms with Crippen LogP contribution in [-0.4, -0.2) is 36.4 Å². The number of aromatic nitrogens is 2. The Hall–Kier alpha value is -1.19. The summed E-state index contributed by atoms with van der Waals surface area (Å²) in [5, 5.41) is 0.487. The van der Waals surface area contributed by atoms with Gasteiger partial charge in [-0.2, -0.15) is 0 Å². The molecule has 0 saturated carbocycles. The van der Waals surface area contributed by atoms with Gasteiger partial charge in [-0.05, 0) is 6.92 Å². The molecule has 1 aromatic carbocycles. The minimum absolute atomic E-state index is 0.0286. The third-order valence-corrected chi connectivity index (χ3v) is 4.82. The van der Waals surface area contributed by atoms with E-state index in [1.807, 2.05) is 0 Å². The highest BCUT2D eigenvalue weighted by Gasteiger charge is 2.09. The highest BCUT2D eigenvalue weighted by Crippen LogP contribution is 2.21. The number of benzene rings is 1. The first kappa shape index (κ1) is 15.2. The zero-order valence-corrected chi connectivity index (χ0v) is 12.2. The molecule has 0 atom stereocenters. The van der Waals surface area contributed by atoms with Crippen molar-refractivity contribution in [1.82, 2.24) is 14.7 Å². The van der Waals surface area contributed by atoms with Crippen molar-refractivity contribution in [2.75, 3.05) is 18.1 Å². The van der Waals surface area contributed by atoms with Gasteiger partial charge in [0, 0.05) is 24.4 Å². The van der Waals surface area contributed by atoms with Gasteiger partial charge in [0.25, 0.3) is 0 Å². The topological polar surface area (TPSA) is 74.8 Å². The molecule has 9 heteroatoms. The van der Waals surface area contributed by atoms with Gasteiger partial charge in [-0.15, -0.1) is 0 Å². The molecule has 2 rings (SSSR count). The molecule has 110 valence electrons. The number of aromatic amines is 1. The quantitative estimate of drug-likeness (QED) is 0.629. The van der Waals surface area contributed by atoms with Crippen molar-refractivity contribution < 1.29 is 17.2 Å². The van der Waals surface area contributed by atoms with E-state index in [1.54, 1.807) is 6.92 Å². The van der Waals surface area contributed by atoms with Crippen LogP contribution < -0.4 is 4.72 Å². The molecule has 2 aromatic rings. The number of hydrogen-bond donors (Lipinski definition) is 2. The van der Waals surface area contributed by atoms with Gasteiger partial charge in [0.1, 0.15) is 0 Å². The monoisotopic (exact) mass is 321 g/mol. The smallest absolute Gasteiger partial charge is 0.211 e. The summed E-state index contributed by atoms with van der Waals surface area (Å²) in [7, 11) is -3.20. The predicted octanol–water partition coefficient (Wildman–Crippen LogP) is 1.87. The van der Waals surface area contributed by atoms with Crippen molar-refractivity contribution >= 4 is 32.8 Å². The van der Waals surface area contributed by atoms with Crippen LogP contribution in [0.3, 0.4) is 0 Å². The lowest BCUT2D eigenvalue weighted by Gasteiger charge is -2.02. The van der Waals surface area contributed by atoms with E-state index < -0.39 is 21.7 Å². The first-order chi connectivity index (χ1) is 9.41. The summed E-state index contributed by atoms with van der Waals surface area (Å²) >= 11 is 1.27. The van der Waals surface area contributed by atoms with E-state index in [9.17, 15) is 17.2 Å². The molecule has 0 saturated heterocycles. The highest BCUT2D eigenvalue weighted by atomic mass is 32.2. The molecule has 0 aliphatic rings. The lowest BCUT2D eigenvalue weighted by Crippen LogP contribution is -2.27. The van der Waals surface area contributed by atoms with E-state index in [2.05, 4.69) is 14.7 Å². The maximum Gasteiger partial charge on any atom is 0.211 e. The van der Waals surface area contributed by atoms with E-state index in [1.165, 1.54) is 11.8 Å². The van der Waals surface area contributed by atoms with E-state index in [0.717, 1.165) is 12.1 Å².